The minimum Gasteiger partial charge on any atom is -0.348 e. The number of carbonyl (C=O) groups is 1. The Morgan fingerprint density at radius 2 is 1.52 bits per heavy atom. The van der Waals surface area contributed by atoms with Crippen molar-refractivity contribution < 1.29 is 13.2 Å². The number of rotatable bonds is 6. The van der Waals surface area contributed by atoms with Crippen LogP contribution in [0, 0.1) is 20.8 Å². The van der Waals surface area contributed by atoms with Crippen LogP contribution in [-0.4, -0.2) is 20.4 Å². The Labute approximate surface area is 166 Å². The van der Waals surface area contributed by atoms with Crippen molar-refractivity contribution in [1.29, 1.82) is 0 Å². The lowest BCUT2D eigenvalue weighted by molar-refractivity contribution is -0.123. The Kier molecular flexibility index (Phi) is 6.68. The van der Waals surface area contributed by atoms with Crippen molar-refractivity contribution in [2.75, 3.05) is 0 Å². The molecule has 5 nitrogen and oxygen atoms in total. The van der Waals surface area contributed by atoms with Gasteiger partial charge in [0.25, 0.3) is 0 Å². The van der Waals surface area contributed by atoms with Crippen LogP contribution in [0.1, 0.15) is 42.1 Å². The maximum atomic E-state index is 12.5. The van der Waals surface area contributed by atoms with E-state index >= 15 is 0 Å². The average molecular weight is 409 g/mol. The molecule has 0 aliphatic rings. The quantitative estimate of drug-likeness (QED) is 0.763. The summed E-state index contributed by atoms with van der Waals surface area (Å²) in [6, 6.07) is 8.76. The number of carbonyl (C=O) groups excluding carboxylic acids is 1. The standard InChI is InChI=1S/C20H25ClN2O3S/c1-12-10-14(3)19(11-13(12)2)15(4)22-20(24)16(5)23-27(25,26)18-8-6-17(21)7-9-18/h6-11,15-16,23H,1-5H3,(H,22,24)/t15-,16-/m0/s1. The third-order valence-corrected chi connectivity index (χ3v) is 6.37. The third kappa shape index (κ3) is 5.31. The number of hydrogen-bond acceptors (Lipinski definition) is 3. The molecule has 1 amide bonds. The summed E-state index contributed by atoms with van der Waals surface area (Å²) in [4.78, 5) is 12.6. The van der Waals surface area contributed by atoms with Crippen molar-refractivity contribution >= 4 is 27.5 Å². The SMILES string of the molecule is Cc1cc(C)c([C@H](C)NC(=O)[C@H](C)NS(=O)(=O)c2ccc(Cl)cc2)cc1C. The number of hydrogen-bond donors (Lipinski definition) is 2. The minimum atomic E-state index is -3.81. The van der Waals surface area contributed by atoms with Crippen LogP contribution in [0.4, 0.5) is 0 Å². The first-order valence-corrected chi connectivity index (χ1v) is 10.5. The van der Waals surface area contributed by atoms with E-state index in [-0.39, 0.29) is 10.9 Å². The van der Waals surface area contributed by atoms with Crippen LogP contribution in [0.15, 0.2) is 41.3 Å². The van der Waals surface area contributed by atoms with Crippen LogP contribution < -0.4 is 10.0 Å². The second-order valence-corrected chi connectivity index (χ2v) is 8.97. The Bertz CT molecular complexity index is 940. The zero-order chi connectivity index (χ0) is 20.4. The minimum absolute atomic E-state index is 0.0598. The molecule has 0 saturated heterocycles. The van der Waals surface area contributed by atoms with Gasteiger partial charge in [-0.1, -0.05) is 23.7 Å². The van der Waals surface area contributed by atoms with Crippen LogP contribution in [0.25, 0.3) is 0 Å². The van der Waals surface area contributed by atoms with Gasteiger partial charge in [-0.3, -0.25) is 4.79 Å². The monoisotopic (exact) mass is 408 g/mol. The van der Waals surface area contributed by atoms with Gasteiger partial charge in [0.2, 0.25) is 15.9 Å². The molecule has 0 unspecified atom stereocenters. The summed E-state index contributed by atoms with van der Waals surface area (Å²) in [5.41, 5.74) is 4.44. The first-order chi connectivity index (χ1) is 12.5. The molecule has 0 spiro atoms. The molecule has 2 rings (SSSR count). The lowest BCUT2D eigenvalue weighted by Crippen LogP contribution is -2.45. The van der Waals surface area contributed by atoms with Crippen LogP contribution in [-0.2, 0) is 14.8 Å². The van der Waals surface area contributed by atoms with Crippen LogP contribution in [0.3, 0.4) is 0 Å². The zero-order valence-electron chi connectivity index (χ0n) is 16.1. The molecule has 0 heterocycles. The summed E-state index contributed by atoms with van der Waals surface area (Å²) >= 11 is 5.79. The molecule has 7 heteroatoms. The number of nitrogens with one attached hydrogen (secondary N) is 2. The Morgan fingerprint density at radius 1 is 0.963 bits per heavy atom. The van der Waals surface area contributed by atoms with E-state index in [9.17, 15) is 13.2 Å². The van der Waals surface area contributed by atoms with Gasteiger partial charge in [-0.2, -0.15) is 4.72 Å². The fourth-order valence-corrected chi connectivity index (χ4v) is 4.16. The predicted molar refractivity (Wildman–Crippen MR) is 108 cm³/mol. The number of sulfonamides is 1. The van der Waals surface area contributed by atoms with Gasteiger partial charge < -0.3 is 5.32 Å². The van der Waals surface area contributed by atoms with E-state index in [0.717, 1.165) is 16.7 Å². The van der Waals surface area contributed by atoms with Gasteiger partial charge in [-0.15, -0.1) is 0 Å². The normalized spacial score (nSPS) is 13.9. The van der Waals surface area contributed by atoms with Crippen molar-refractivity contribution in [3.63, 3.8) is 0 Å². The molecule has 0 bridgehead atoms. The van der Waals surface area contributed by atoms with Gasteiger partial charge >= 0.3 is 0 Å². The van der Waals surface area contributed by atoms with Crippen molar-refractivity contribution in [3.05, 3.63) is 63.7 Å². The van der Waals surface area contributed by atoms with Crippen LogP contribution >= 0.6 is 11.6 Å². The van der Waals surface area contributed by atoms with Gasteiger partial charge in [0.1, 0.15) is 0 Å². The highest BCUT2D eigenvalue weighted by Crippen LogP contribution is 2.22. The molecular weight excluding hydrogens is 384 g/mol. The van der Waals surface area contributed by atoms with E-state index in [0.29, 0.717) is 5.02 Å². The number of benzene rings is 2. The fourth-order valence-electron chi connectivity index (χ4n) is 2.83. The van der Waals surface area contributed by atoms with Crippen molar-refractivity contribution in [2.24, 2.45) is 0 Å². The van der Waals surface area contributed by atoms with E-state index in [4.69, 9.17) is 11.6 Å². The molecule has 2 atom stereocenters. The summed E-state index contributed by atoms with van der Waals surface area (Å²) in [5.74, 6) is -0.391. The highest BCUT2D eigenvalue weighted by Gasteiger charge is 2.23. The molecule has 0 aliphatic heterocycles. The first kappa shape index (κ1) is 21.4. The van der Waals surface area contributed by atoms with E-state index in [1.807, 2.05) is 27.7 Å². The van der Waals surface area contributed by atoms with Crippen LogP contribution in [0.5, 0.6) is 0 Å². The maximum Gasteiger partial charge on any atom is 0.241 e. The average Bonchev–Trinajstić information content (AvgIpc) is 2.57. The fraction of sp³-hybridized carbons (Fsp3) is 0.350. The molecule has 0 aromatic heterocycles. The van der Waals surface area contributed by atoms with E-state index in [2.05, 4.69) is 22.2 Å². The Balaban J connectivity index is 2.09. The summed E-state index contributed by atoms with van der Waals surface area (Å²) in [6.07, 6.45) is 0. The molecule has 2 aromatic carbocycles. The van der Waals surface area contributed by atoms with Crippen LogP contribution in [0.2, 0.25) is 5.02 Å². The second-order valence-electron chi connectivity index (χ2n) is 6.82. The summed E-state index contributed by atoms with van der Waals surface area (Å²) < 4.78 is 27.2. The summed E-state index contributed by atoms with van der Waals surface area (Å²) in [7, 11) is -3.81. The number of aryl methyl sites for hydroxylation is 3. The molecule has 2 aromatic rings. The largest absolute Gasteiger partial charge is 0.348 e. The molecule has 146 valence electrons. The summed E-state index contributed by atoms with van der Waals surface area (Å²) in [5, 5.41) is 3.32. The highest BCUT2D eigenvalue weighted by atomic mass is 35.5. The Hall–Kier alpha value is -1.89. The zero-order valence-corrected chi connectivity index (χ0v) is 17.7. The van der Waals surface area contributed by atoms with Gasteiger partial charge in [-0.05, 0) is 81.1 Å². The smallest absolute Gasteiger partial charge is 0.241 e. The number of amides is 1. The van der Waals surface area contributed by atoms with E-state index < -0.39 is 22.0 Å². The van der Waals surface area contributed by atoms with Gasteiger partial charge in [0.15, 0.2) is 0 Å². The molecule has 27 heavy (non-hydrogen) atoms. The lowest BCUT2D eigenvalue weighted by Gasteiger charge is -2.21. The van der Waals surface area contributed by atoms with Gasteiger partial charge in [-0.25, -0.2) is 8.42 Å². The third-order valence-electron chi connectivity index (χ3n) is 4.56. The van der Waals surface area contributed by atoms with Crippen molar-refractivity contribution in [1.82, 2.24) is 10.0 Å². The highest BCUT2D eigenvalue weighted by molar-refractivity contribution is 7.89. The number of halogens is 1. The topological polar surface area (TPSA) is 75.3 Å². The molecule has 0 saturated carbocycles. The predicted octanol–water partition coefficient (Wildman–Crippen LogP) is 3.81. The maximum absolute atomic E-state index is 12.5. The van der Waals surface area contributed by atoms with Crippen molar-refractivity contribution in [3.8, 4) is 0 Å². The molecular formula is C20H25ClN2O3S. The van der Waals surface area contributed by atoms with Crippen molar-refractivity contribution in [2.45, 2.75) is 51.6 Å². The molecule has 0 fully saturated rings. The molecule has 0 aliphatic carbocycles. The van der Waals surface area contributed by atoms with E-state index in [1.165, 1.54) is 36.8 Å². The second kappa shape index (κ2) is 8.42. The Morgan fingerprint density at radius 3 is 2.11 bits per heavy atom. The summed E-state index contributed by atoms with van der Waals surface area (Å²) in [6.45, 7) is 9.47. The van der Waals surface area contributed by atoms with E-state index in [1.54, 1.807) is 0 Å². The first-order valence-electron chi connectivity index (χ1n) is 8.67. The van der Waals surface area contributed by atoms with Gasteiger partial charge in [0, 0.05) is 5.02 Å². The van der Waals surface area contributed by atoms with Gasteiger partial charge in [0.05, 0.1) is 17.0 Å². The lowest BCUT2D eigenvalue weighted by atomic mass is 9.96. The molecule has 2 N–H and O–H groups in total. The molecule has 0 radical (unpaired) electrons.